The third-order valence-electron chi connectivity index (χ3n) is 12.5. The molecule has 7 rings (SSSR count). The third kappa shape index (κ3) is 8.16. The number of fused-ring (bicyclic) bond motifs is 5. The minimum Gasteiger partial charge on any atom is -0.481 e. The van der Waals surface area contributed by atoms with Gasteiger partial charge in [0.2, 0.25) is 5.69 Å². The molecule has 3 aliphatic rings. The monoisotopic (exact) mass is 749 g/mol. The van der Waals surface area contributed by atoms with Crippen LogP contribution in [0.5, 0.6) is 0 Å². The molecular weight excluding hydrogens is 693 g/mol. The molecule has 1 atom stereocenters. The summed E-state index contributed by atoms with van der Waals surface area (Å²) < 4.78 is 2.53. The maximum atomic E-state index is 11.3. The van der Waals surface area contributed by atoms with Crippen LogP contribution in [-0.2, 0) is 26.8 Å². The van der Waals surface area contributed by atoms with Crippen molar-refractivity contribution in [2.75, 3.05) is 18.0 Å². The maximum Gasteiger partial charge on any atom is 0.303 e. The highest BCUT2D eigenvalue weighted by molar-refractivity contribution is 6.04. The van der Waals surface area contributed by atoms with E-state index in [1.807, 2.05) is 0 Å². The number of hydrogen-bond donors (Lipinski definition) is 2. The summed E-state index contributed by atoms with van der Waals surface area (Å²) in [6, 6.07) is 33.0. The summed E-state index contributed by atoms with van der Waals surface area (Å²) in [5.74, 6) is -1.45. The van der Waals surface area contributed by atoms with Crippen molar-refractivity contribution in [2.45, 2.75) is 108 Å². The van der Waals surface area contributed by atoms with Crippen LogP contribution in [0.3, 0.4) is 0 Å². The second kappa shape index (κ2) is 17.7. The largest absolute Gasteiger partial charge is 0.481 e. The number of hydrogen-bond acceptors (Lipinski definition) is 3. The maximum absolute atomic E-state index is 11.3. The average molecular weight is 750 g/mol. The van der Waals surface area contributed by atoms with Crippen LogP contribution in [0, 0.1) is 0 Å². The first-order valence-corrected chi connectivity index (χ1v) is 20.9. The molecular formula is C50H57N2O4+. The normalized spacial score (nSPS) is 19.5. The lowest BCUT2D eigenvalue weighted by Gasteiger charge is -2.31. The van der Waals surface area contributed by atoms with E-state index in [9.17, 15) is 19.8 Å². The molecule has 0 bridgehead atoms. The fraction of sp³-hybridized carbons (Fsp3) is 0.380. The van der Waals surface area contributed by atoms with Gasteiger partial charge in [-0.05, 0) is 85.9 Å². The van der Waals surface area contributed by atoms with E-state index < -0.39 is 11.9 Å². The summed E-state index contributed by atoms with van der Waals surface area (Å²) in [6.45, 7) is 4.11. The van der Waals surface area contributed by atoms with E-state index in [0.29, 0.717) is 12.8 Å². The fourth-order valence-electron chi connectivity index (χ4n) is 9.93. The molecule has 56 heavy (non-hydrogen) atoms. The van der Waals surface area contributed by atoms with Gasteiger partial charge in [-0.25, -0.2) is 0 Å². The van der Waals surface area contributed by atoms with Gasteiger partial charge >= 0.3 is 11.9 Å². The van der Waals surface area contributed by atoms with Crippen molar-refractivity contribution in [1.82, 2.24) is 0 Å². The van der Waals surface area contributed by atoms with E-state index in [2.05, 4.69) is 138 Å². The molecule has 1 unspecified atom stereocenters. The van der Waals surface area contributed by atoms with Crippen molar-refractivity contribution < 1.29 is 24.4 Å². The van der Waals surface area contributed by atoms with Gasteiger partial charge in [-0.15, -0.1) is 0 Å². The standard InChI is InChI=1S/C50H56N2O4/c1-49(37-38-21-7-2-8-22-38)44(52(36-20-5-12-30-47(55)56)43-32-31-39-23-13-14-24-40(39)48(43)49)27-9-3-10-28-45-50(33-17-6-18-34-50)41-25-15-16-26-42(41)51(45)35-19-4-11-29-46(53)54/h2-3,7-10,13-16,21-28,31-32H,4-6,11-12,17-20,29-30,33-37H2,1H3,(H-,53,54,55,56)/p+1. The van der Waals surface area contributed by atoms with Crippen LogP contribution in [0.2, 0.25) is 0 Å². The molecule has 0 saturated heterocycles. The first kappa shape index (κ1) is 39.0. The predicted molar refractivity (Wildman–Crippen MR) is 228 cm³/mol. The Morgan fingerprint density at radius 1 is 0.732 bits per heavy atom. The number of aliphatic carboxylic acids is 2. The Kier molecular flexibility index (Phi) is 12.3. The van der Waals surface area contributed by atoms with Gasteiger partial charge in [-0.2, -0.15) is 4.58 Å². The molecule has 2 heterocycles. The number of benzene rings is 4. The van der Waals surface area contributed by atoms with Gasteiger partial charge in [-0.1, -0.05) is 123 Å². The summed E-state index contributed by atoms with van der Waals surface area (Å²) in [6.07, 6.45) is 23.7. The Balaban J connectivity index is 1.24. The van der Waals surface area contributed by atoms with Gasteiger partial charge < -0.3 is 15.1 Å². The SMILES string of the molecule is CC1(Cc2ccccc2)C(=CC=CC=CC2=[N+](CCCCCC(=O)O)c3ccccc3C23CCCCC3)N(CCCCCC(=O)O)c2ccc3ccccc3c21. The van der Waals surface area contributed by atoms with E-state index in [1.165, 1.54) is 69.5 Å². The number of carbonyl (C=O) groups is 2. The summed E-state index contributed by atoms with van der Waals surface area (Å²) in [4.78, 5) is 25.0. The van der Waals surface area contributed by atoms with Crippen LogP contribution < -0.4 is 4.90 Å². The van der Waals surface area contributed by atoms with Crippen LogP contribution in [-0.4, -0.2) is 45.5 Å². The smallest absolute Gasteiger partial charge is 0.303 e. The van der Waals surface area contributed by atoms with Crippen molar-refractivity contribution in [2.24, 2.45) is 0 Å². The highest BCUT2D eigenvalue weighted by Crippen LogP contribution is 2.53. The van der Waals surface area contributed by atoms with Crippen LogP contribution in [0.4, 0.5) is 11.4 Å². The zero-order valence-electron chi connectivity index (χ0n) is 33.0. The van der Waals surface area contributed by atoms with E-state index in [1.54, 1.807) is 0 Å². The molecule has 6 nitrogen and oxygen atoms in total. The summed E-state index contributed by atoms with van der Waals surface area (Å²) >= 11 is 0. The number of allylic oxidation sites excluding steroid dienone is 6. The Morgan fingerprint density at radius 2 is 1.43 bits per heavy atom. The lowest BCUT2D eigenvalue weighted by atomic mass is 9.67. The van der Waals surface area contributed by atoms with Crippen molar-refractivity contribution >= 4 is 39.8 Å². The molecule has 1 aliphatic carbocycles. The number of rotatable bonds is 17. The topological polar surface area (TPSA) is 80.9 Å². The average Bonchev–Trinajstić information content (AvgIpc) is 3.58. The quantitative estimate of drug-likeness (QED) is 0.0638. The van der Waals surface area contributed by atoms with Crippen LogP contribution in [0.15, 0.2) is 127 Å². The number of para-hydroxylation sites is 1. The van der Waals surface area contributed by atoms with Crippen molar-refractivity contribution in [1.29, 1.82) is 0 Å². The molecule has 2 aliphatic heterocycles. The molecule has 4 aromatic rings. The second-order valence-electron chi connectivity index (χ2n) is 16.2. The third-order valence-corrected chi connectivity index (χ3v) is 12.5. The van der Waals surface area contributed by atoms with Crippen molar-refractivity contribution in [3.05, 3.63) is 144 Å². The zero-order valence-corrected chi connectivity index (χ0v) is 33.0. The first-order valence-electron chi connectivity index (χ1n) is 20.9. The molecule has 2 N–H and O–H groups in total. The number of carboxylic acid groups (broad SMARTS) is 2. The van der Waals surface area contributed by atoms with E-state index >= 15 is 0 Å². The lowest BCUT2D eigenvalue weighted by molar-refractivity contribution is -0.438. The predicted octanol–water partition coefficient (Wildman–Crippen LogP) is 11.4. The Hall–Kier alpha value is -5.23. The zero-order chi connectivity index (χ0) is 39.0. The van der Waals surface area contributed by atoms with Gasteiger partial charge in [0.25, 0.3) is 0 Å². The van der Waals surface area contributed by atoms with Gasteiger partial charge in [0, 0.05) is 60.3 Å². The van der Waals surface area contributed by atoms with Gasteiger partial charge in [0.05, 0.1) is 5.41 Å². The fourth-order valence-corrected chi connectivity index (χ4v) is 9.93. The molecule has 6 heteroatoms. The highest BCUT2D eigenvalue weighted by atomic mass is 16.4. The van der Waals surface area contributed by atoms with E-state index in [4.69, 9.17) is 0 Å². The van der Waals surface area contributed by atoms with Gasteiger partial charge in [0.15, 0.2) is 5.71 Å². The molecule has 0 radical (unpaired) electrons. The molecule has 1 fully saturated rings. The molecule has 290 valence electrons. The highest BCUT2D eigenvalue weighted by Gasteiger charge is 2.51. The van der Waals surface area contributed by atoms with Crippen molar-refractivity contribution in [3.8, 4) is 0 Å². The summed E-state index contributed by atoms with van der Waals surface area (Å²) in [5.41, 5.74) is 9.02. The molecule has 1 saturated carbocycles. The molecule has 1 spiro atoms. The number of anilines is 1. The van der Waals surface area contributed by atoms with Gasteiger partial charge in [0.1, 0.15) is 6.54 Å². The number of nitrogens with zero attached hydrogens (tertiary/aromatic N) is 2. The Bertz CT molecular complexity index is 2160. The second-order valence-corrected chi connectivity index (χ2v) is 16.2. The van der Waals surface area contributed by atoms with Crippen LogP contribution in [0.1, 0.15) is 107 Å². The van der Waals surface area contributed by atoms with Gasteiger partial charge in [-0.3, -0.25) is 9.59 Å². The van der Waals surface area contributed by atoms with E-state index in [-0.39, 0.29) is 23.7 Å². The Labute approximate surface area is 332 Å². The molecule has 0 aromatic heterocycles. The van der Waals surface area contributed by atoms with Crippen LogP contribution in [0.25, 0.3) is 10.8 Å². The van der Waals surface area contributed by atoms with E-state index in [0.717, 1.165) is 58.0 Å². The number of unbranched alkanes of at least 4 members (excludes halogenated alkanes) is 4. The Morgan fingerprint density at radius 3 is 2.20 bits per heavy atom. The first-order chi connectivity index (χ1) is 27.3. The molecule has 0 amide bonds. The molecule has 4 aromatic carbocycles. The summed E-state index contributed by atoms with van der Waals surface area (Å²) in [5, 5.41) is 21.0. The minimum atomic E-state index is -0.731. The minimum absolute atomic E-state index is 0.0125. The van der Waals surface area contributed by atoms with Crippen molar-refractivity contribution in [3.63, 3.8) is 0 Å². The lowest BCUT2D eigenvalue weighted by Crippen LogP contribution is -2.36. The van der Waals surface area contributed by atoms with Crippen LogP contribution >= 0.6 is 0 Å². The summed E-state index contributed by atoms with van der Waals surface area (Å²) in [7, 11) is 0. The number of carboxylic acids is 2.